The van der Waals surface area contributed by atoms with E-state index in [1.54, 1.807) is 23.5 Å². The molecule has 0 saturated carbocycles. The van der Waals surface area contributed by atoms with E-state index in [0.29, 0.717) is 0 Å². The molecular formula is C19H40O6S3Si. The van der Waals surface area contributed by atoms with Crippen LogP contribution in [0.25, 0.3) is 0 Å². The summed E-state index contributed by atoms with van der Waals surface area (Å²) in [5.41, 5.74) is 0. The molecule has 0 bridgehead atoms. The fraction of sp³-hybridized carbons (Fsp3) is 1.00. The Morgan fingerprint density at radius 2 is 1.55 bits per heavy atom. The summed E-state index contributed by atoms with van der Waals surface area (Å²) < 4.78 is 48.5. The number of rotatable bonds is 11. The third-order valence-corrected chi connectivity index (χ3v) is 12.9. The molecule has 29 heavy (non-hydrogen) atoms. The molecule has 0 aromatic carbocycles. The van der Waals surface area contributed by atoms with E-state index in [0.717, 1.165) is 17.8 Å². The summed E-state index contributed by atoms with van der Waals surface area (Å²) in [6.07, 6.45) is -0.521. The van der Waals surface area contributed by atoms with Gasteiger partial charge < -0.3 is 13.9 Å². The summed E-state index contributed by atoms with van der Waals surface area (Å²) in [6.45, 7) is 18.8. The van der Waals surface area contributed by atoms with Crippen LogP contribution in [-0.4, -0.2) is 69.8 Å². The Hall–Kier alpha value is 0.707. The van der Waals surface area contributed by atoms with E-state index in [-0.39, 0.29) is 22.3 Å². The fourth-order valence-corrected chi connectivity index (χ4v) is 7.08. The Kier molecular flexibility index (Phi) is 10.1. The second-order valence-corrected chi connectivity index (χ2v) is 18.8. The number of thioether (sulfide) groups is 2. The molecule has 1 fully saturated rings. The van der Waals surface area contributed by atoms with E-state index >= 15 is 0 Å². The molecule has 0 amide bonds. The SMILES string of the molecule is CCSC(SCC)[C@H]1OC(C)(C)O[C@@H]1[C@@H](CO[Si](C)(C)C(C)(C)C)OS(C)(=O)=O. The van der Waals surface area contributed by atoms with Crippen molar-refractivity contribution in [2.75, 3.05) is 24.4 Å². The average Bonchev–Trinajstić information content (AvgIpc) is 2.85. The van der Waals surface area contributed by atoms with Crippen molar-refractivity contribution < 1.29 is 26.5 Å². The molecule has 6 nitrogen and oxygen atoms in total. The van der Waals surface area contributed by atoms with E-state index < -0.39 is 36.4 Å². The summed E-state index contributed by atoms with van der Waals surface area (Å²) in [6, 6.07) is 0. The minimum absolute atomic E-state index is 0.00695. The normalized spacial score (nSPS) is 24.2. The molecule has 3 atom stereocenters. The average molecular weight is 489 g/mol. The summed E-state index contributed by atoms with van der Waals surface area (Å²) in [5.74, 6) is 1.05. The van der Waals surface area contributed by atoms with Crippen molar-refractivity contribution in [3.8, 4) is 0 Å². The third kappa shape index (κ3) is 8.63. The lowest BCUT2D eigenvalue weighted by molar-refractivity contribution is -0.154. The number of hydrogen-bond acceptors (Lipinski definition) is 8. The van der Waals surface area contributed by atoms with Crippen molar-refractivity contribution in [3.63, 3.8) is 0 Å². The predicted molar refractivity (Wildman–Crippen MR) is 127 cm³/mol. The largest absolute Gasteiger partial charge is 0.414 e. The molecule has 10 heteroatoms. The zero-order chi connectivity index (χ0) is 22.7. The smallest absolute Gasteiger partial charge is 0.264 e. The highest BCUT2D eigenvalue weighted by Gasteiger charge is 2.50. The summed E-state index contributed by atoms with van der Waals surface area (Å²) in [4.78, 5) is 0. The van der Waals surface area contributed by atoms with Gasteiger partial charge in [-0.3, -0.25) is 4.18 Å². The van der Waals surface area contributed by atoms with Crippen LogP contribution in [0.4, 0.5) is 0 Å². The van der Waals surface area contributed by atoms with E-state index in [1.165, 1.54) is 0 Å². The maximum atomic E-state index is 12.0. The molecule has 0 N–H and O–H groups in total. The molecule has 1 rings (SSSR count). The molecule has 1 aliphatic heterocycles. The Labute approximate surface area is 187 Å². The highest BCUT2D eigenvalue weighted by atomic mass is 32.2. The zero-order valence-corrected chi connectivity index (χ0v) is 23.1. The van der Waals surface area contributed by atoms with Crippen molar-refractivity contribution in [2.24, 2.45) is 0 Å². The maximum Gasteiger partial charge on any atom is 0.264 e. The Morgan fingerprint density at radius 1 is 1.07 bits per heavy atom. The topological polar surface area (TPSA) is 71.1 Å². The zero-order valence-electron chi connectivity index (χ0n) is 19.6. The monoisotopic (exact) mass is 488 g/mol. The van der Waals surface area contributed by atoms with E-state index in [2.05, 4.69) is 47.7 Å². The standard InChI is InChI=1S/C19H40O6S3Si/c1-11-26-17(27-12-2)16-15(23-19(6,7)24-16)14(25-28(8,20)21)13-22-29(9,10)18(3,4)5/h14-17H,11-13H2,1-10H3/t14-,15-,16+/m1/s1. The first-order valence-electron chi connectivity index (χ1n) is 10.1. The predicted octanol–water partition coefficient (Wildman–Crippen LogP) is 4.71. The summed E-state index contributed by atoms with van der Waals surface area (Å²) in [5, 5.41) is 0.00695. The van der Waals surface area contributed by atoms with Crippen molar-refractivity contribution in [3.05, 3.63) is 0 Å². The molecule has 0 aromatic rings. The first-order chi connectivity index (χ1) is 13.0. The van der Waals surface area contributed by atoms with Gasteiger partial charge in [-0.2, -0.15) is 8.42 Å². The molecular weight excluding hydrogens is 448 g/mol. The molecule has 0 aromatic heterocycles. The highest BCUT2D eigenvalue weighted by molar-refractivity contribution is 8.17. The van der Waals surface area contributed by atoms with Crippen LogP contribution < -0.4 is 0 Å². The third-order valence-electron chi connectivity index (χ3n) is 5.17. The van der Waals surface area contributed by atoms with Crippen LogP contribution in [-0.2, 0) is 28.2 Å². The molecule has 0 aliphatic carbocycles. The first-order valence-corrected chi connectivity index (χ1v) is 17.0. The lowest BCUT2D eigenvalue weighted by Crippen LogP contribution is -2.49. The second kappa shape index (κ2) is 10.5. The van der Waals surface area contributed by atoms with Gasteiger partial charge in [0.25, 0.3) is 10.1 Å². The summed E-state index contributed by atoms with van der Waals surface area (Å²) in [7, 11) is -5.78. The van der Waals surface area contributed by atoms with E-state index in [9.17, 15) is 8.42 Å². The van der Waals surface area contributed by atoms with Crippen LogP contribution in [0.1, 0.15) is 48.5 Å². The Balaban J connectivity index is 3.18. The molecule has 0 unspecified atom stereocenters. The van der Waals surface area contributed by atoms with E-state index in [4.69, 9.17) is 18.1 Å². The minimum atomic E-state index is -3.69. The highest BCUT2D eigenvalue weighted by Crippen LogP contribution is 2.42. The van der Waals surface area contributed by atoms with Gasteiger partial charge in [-0.05, 0) is 43.5 Å². The van der Waals surface area contributed by atoms with Gasteiger partial charge in [0.05, 0.1) is 17.4 Å². The van der Waals surface area contributed by atoms with Crippen molar-refractivity contribution in [2.45, 2.75) is 95.3 Å². The fourth-order valence-electron chi connectivity index (χ4n) is 2.79. The van der Waals surface area contributed by atoms with Gasteiger partial charge in [-0.25, -0.2) is 0 Å². The summed E-state index contributed by atoms with van der Waals surface area (Å²) >= 11 is 3.57. The Morgan fingerprint density at radius 3 is 1.97 bits per heavy atom. The van der Waals surface area contributed by atoms with Crippen LogP contribution in [0, 0.1) is 0 Å². The van der Waals surface area contributed by atoms with Crippen LogP contribution >= 0.6 is 23.5 Å². The van der Waals surface area contributed by atoms with Gasteiger partial charge in [0.15, 0.2) is 14.1 Å². The van der Waals surface area contributed by atoms with Gasteiger partial charge in [0.1, 0.15) is 18.3 Å². The first kappa shape index (κ1) is 27.7. The molecule has 1 aliphatic rings. The maximum absolute atomic E-state index is 12.0. The lowest BCUT2D eigenvalue weighted by Gasteiger charge is -2.38. The Bertz CT molecular complexity index is 612. The van der Waals surface area contributed by atoms with Gasteiger partial charge in [0, 0.05) is 0 Å². The quantitative estimate of drug-likeness (QED) is 0.235. The van der Waals surface area contributed by atoms with Crippen LogP contribution in [0.3, 0.4) is 0 Å². The van der Waals surface area contributed by atoms with Crippen LogP contribution in [0.15, 0.2) is 0 Å². The molecule has 0 radical (unpaired) electrons. The molecule has 1 saturated heterocycles. The van der Waals surface area contributed by atoms with Crippen molar-refractivity contribution in [1.82, 2.24) is 0 Å². The number of hydrogen-bond donors (Lipinski definition) is 0. The lowest BCUT2D eigenvalue weighted by atomic mass is 10.1. The van der Waals surface area contributed by atoms with Gasteiger partial charge in [-0.1, -0.05) is 34.6 Å². The van der Waals surface area contributed by atoms with Gasteiger partial charge in [0.2, 0.25) is 0 Å². The molecule has 1 heterocycles. The second-order valence-electron chi connectivity index (χ2n) is 9.25. The van der Waals surface area contributed by atoms with E-state index in [1.807, 2.05) is 13.8 Å². The van der Waals surface area contributed by atoms with Crippen molar-refractivity contribution in [1.29, 1.82) is 0 Å². The van der Waals surface area contributed by atoms with Crippen LogP contribution in [0.2, 0.25) is 18.1 Å². The number of ether oxygens (including phenoxy) is 2. The van der Waals surface area contributed by atoms with Gasteiger partial charge in [-0.15, -0.1) is 23.5 Å². The molecule has 0 spiro atoms. The molecule has 174 valence electrons. The van der Waals surface area contributed by atoms with Gasteiger partial charge >= 0.3 is 0 Å². The van der Waals surface area contributed by atoms with Crippen molar-refractivity contribution >= 4 is 42.0 Å². The minimum Gasteiger partial charge on any atom is -0.414 e. The van der Waals surface area contributed by atoms with Crippen LogP contribution in [0.5, 0.6) is 0 Å².